The van der Waals surface area contributed by atoms with E-state index in [0.717, 1.165) is 5.92 Å². The molecule has 0 aromatic rings. The van der Waals surface area contributed by atoms with Gasteiger partial charge in [-0.2, -0.15) is 0 Å². The maximum absolute atomic E-state index is 10.0. The van der Waals surface area contributed by atoms with Crippen molar-refractivity contribution in [2.45, 2.75) is 19.8 Å². The molecule has 1 saturated carbocycles. The molecule has 0 bridgehead atoms. The third kappa shape index (κ3) is 3.55. The zero-order valence-corrected chi connectivity index (χ0v) is 6.46. The number of amides is 2. The van der Waals surface area contributed by atoms with E-state index in [1.54, 1.807) is 0 Å². The molecule has 0 atom stereocenters. The van der Waals surface area contributed by atoms with Crippen molar-refractivity contribution in [2.24, 2.45) is 5.92 Å². The van der Waals surface area contributed by atoms with Gasteiger partial charge in [-0.05, 0) is 5.92 Å². The average Bonchev–Trinajstić information content (AvgIpc) is 2.61. The van der Waals surface area contributed by atoms with E-state index < -0.39 is 0 Å². The molecule has 11 heavy (non-hydrogen) atoms. The first-order chi connectivity index (χ1) is 5.18. The molecule has 1 aliphatic carbocycles. The van der Waals surface area contributed by atoms with Gasteiger partial charge in [-0.1, -0.05) is 19.8 Å². The zero-order chi connectivity index (χ0) is 8.27. The van der Waals surface area contributed by atoms with E-state index in [1.807, 2.05) is 5.32 Å². The van der Waals surface area contributed by atoms with Crippen LogP contribution in [0.5, 0.6) is 0 Å². The first kappa shape index (κ1) is 7.98. The number of imide groups is 1. The van der Waals surface area contributed by atoms with E-state index in [1.165, 1.54) is 25.0 Å². The van der Waals surface area contributed by atoms with Crippen molar-refractivity contribution >= 4 is 11.8 Å². The molecule has 2 amide bonds. The predicted molar refractivity (Wildman–Crippen MR) is 40.7 cm³/mol. The molecule has 3 nitrogen and oxygen atoms in total. The van der Waals surface area contributed by atoms with Gasteiger partial charge in [0, 0.05) is 12.2 Å². The Morgan fingerprint density at radius 2 is 1.64 bits per heavy atom. The molecule has 0 spiro atoms. The normalized spacial score (nSPS) is 20.8. The molecule has 1 fully saturated rings. The summed E-state index contributed by atoms with van der Waals surface area (Å²) in [6.45, 7) is 2.28. The van der Waals surface area contributed by atoms with Crippen LogP contribution in [0.4, 0.5) is 0 Å². The Morgan fingerprint density at radius 3 is 1.73 bits per heavy atom. The largest absolute Gasteiger partial charge is 0.289 e. The summed E-state index contributed by atoms with van der Waals surface area (Å²) in [6.07, 6.45) is 5.37. The lowest BCUT2D eigenvalue weighted by Gasteiger charge is -1.80. The topological polar surface area (TPSA) is 46.2 Å². The molecule has 0 aromatic heterocycles. The van der Waals surface area contributed by atoms with Crippen molar-refractivity contribution in [3.05, 3.63) is 12.2 Å². The highest BCUT2D eigenvalue weighted by atomic mass is 16.2. The highest BCUT2D eigenvalue weighted by molar-refractivity contribution is 6.12. The van der Waals surface area contributed by atoms with Gasteiger partial charge in [0.25, 0.3) is 11.8 Å². The van der Waals surface area contributed by atoms with Crippen LogP contribution >= 0.6 is 0 Å². The van der Waals surface area contributed by atoms with Crippen LogP contribution in [0.3, 0.4) is 0 Å². The fourth-order valence-electron chi connectivity index (χ4n) is 0.523. The van der Waals surface area contributed by atoms with Crippen molar-refractivity contribution < 1.29 is 9.59 Å². The van der Waals surface area contributed by atoms with Gasteiger partial charge < -0.3 is 0 Å². The Hall–Kier alpha value is -1.12. The molecule has 3 heteroatoms. The molecule has 1 heterocycles. The second-order valence-corrected chi connectivity index (χ2v) is 2.87. The van der Waals surface area contributed by atoms with Gasteiger partial charge in [0.1, 0.15) is 0 Å². The minimum absolute atomic E-state index is 0.329. The molecule has 2 aliphatic rings. The Morgan fingerprint density at radius 1 is 1.27 bits per heavy atom. The Kier molecular flexibility index (Phi) is 2.41. The second-order valence-electron chi connectivity index (χ2n) is 2.87. The average molecular weight is 153 g/mol. The molecule has 0 radical (unpaired) electrons. The van der Waals surface area contributed by atoms with Crippen LogP contribution in [0.1, 0.15) is 19.8 Å². The lowest BCUT2D eigenvalue weighted by Crippen LogP contribution is -2.19. The molecule has 60 valence electrons. The molecular formula is C8H11NO2. The maximum atomic E-state index is 10.0. The van der Waals surface area contributed by atoms with Gasteiger partial charge in [-0.15, -0.1) is 0 Å². The van der Waals surface area contributed by atoms with E-state index in [9.17, 15) is 9.59 Å². The summed E-state index contributed by atoms with van der Waals surface area (Å²) in [5, 5.41) is 2.03. The number of hydrogen-bond acceptors (Lipinski definition) is 2. The van der Waals surface area contributed by atoms with E-state index in [4.69, 9.17) is 0 Å². The van der Waals surface area contributed by atoms with Gasteiger partial charge in [-0.3, -0.25) is 14.9 Å². The molecule has 0 aromatic carbocycles. The van der Waals surface area contributed by atoms with Crippen LogP contribution in [0.25, 0.3) is 0 Å². The minimum atomic E-state index is -0.329. The second kappa shape index (κ2) is 3.32. The zero-order valence-electron chi connectivity index (χ0n) is 6.46. The van der Waals surface area contributed by atoms with E-state index in [0.29, 0.717) is 0 Å². The summed E-state index contributed by atoms with van der Waals surface area (Å²) >= 11 is 0. The van der Waals surface area contributed by atoms with Crippen LogP contribution in [0.2, 0.25) is 0 Å². The number of carbonyl (C=O) groups is 2. The summed E-state index contributed by atoms with van der Waals surface area (Å²) < 4.78 is 0. The fraction of sp³-hybridized carbons (Fsp3) is 0.500. The van der Waals surface area contributed by atoms with E-state index >= 15 is 0 Å². The van der Waals surface area contributed by atoms with Gasteiger partial charge in [0.15, 0.2) is 0 Å². The number of carbonyl (C=O) groups excluding carboxylic acids is 2. The molecule has 0 saturated heterocycles. The molecule has 1 aliphatic heterocycles. The van der Waals surface area contributed by atoms with Crippen molar-refractivity contribution in [1.29, 1.82) is 0 Å². The highest BCUT2D eigenvalue weighted by Gasteiger charge is 2.12. The third-order valence-corrected chi connectivity index (χ3v) is 1.50. The summed E-state index contributed by atoms with van der Waals surface area (Å²) in [5.74, 6) is 0.426. The number of nitrogens with one attached hydrogen (secondary N) is 1. The molecule has 0 unspecified atom stereocenters. The Balaban J connectivity index is 0.000000128. The fourth-order valence-corrected chi connectivity index (χ4v) is 0.523. The summed E-state index contributed by atoms with van der Waals surface area (Å²) in [5.41, 5.74) is 0. The highest BCUT2D eigenvalue weighted by Crippen LogP contribution is 2.26. The summed E-state index contributed by atoms with van der Waals surface area (Å²) in [7, 11) is 0. The Bertz CT molecular complexity index is 188. The van der Waals surface area contributed by atoms with Crippen LogP contribution in [0.15, 0.2) is 12.2 Å². The van der Waals surface area contributed by atoms with E-state index in [2.05, 4.69) is 6.92 Å². The quantitative estimate of drug-likeness (QED) is 0.518. The van der Waals surface area contributed by atoms with Gasteiger partial charge in [-0.25, -0.2) is 0 Å². The lowest BCUT2D eigenvalue weighted by molar-refractivity contribution is -0.123. The van der Waals surface area contributed by atoms with Crippen molar-refractivity contribution in [2.75, 3.05) is 0 Å². The Labute approximate surface area is 65.5 Å². The van der Waals surface area contributed by atoms with Crippen molar-refractivity contribution in [3.63, 3.8) is 0 Å². The number of hydrogen-bond donors (Lipinski definition) is 1. The first-order valence-electron chi connectivity index (χ1n) is 3.71. The van der Waals surface area contributed by atoms with Crippen LogP contribution in [0, 0.1) is 5.92 Å². The van der Waals surface area contributed by atoms with Crippen LogP contribution in [-0.4, -0.2) is 11.8 Å². The maximum Gasteiger partial charge on any atom is 0.250 e. The lowest BCUT2D eigenvalue weighted by atomic mass is 10.5. The summed E-state index contributed by atoms with van der Waals surface area (Å²) in [4.78, 5) is 20.1. The first-order valence-corrected chi connectivity index (χ1v) is 3.71. The smallest absolute Gasteiger partial charge is 0.250 e. The molecular weight excluding hydrogens is 142 g/mol. The molecule has 1 N–H and O–H groups in total. The van der Waals surface area contributed by atoms with Crippen molar-refractivity contribution in [3.8, 4) is 0 Å². The minimum Gasteiger partial charge on any atom is -0.289 e. The van der Waals surface area contributed by atoms with Crippen LogP contribution < -0.4 is 5.32 Å². The summed E-state index contributed by atoms with van der Waals surface area (Å²) in [6, 6.07) is 0. The monoisotopic (exact) mass is 153 g/mol. The van der Waals surface area contributed by atoms with Gasteiger partial charge in [0.2, 0.25) is 0 Å². The third-order valence-electron chi connectivity index (χ3n) is 1.50. The number of rotatable bonds is 0. The van der Waals surface area contributed by atoms with Gasteiger partial charge >= 0.3 is 0 Å². The van der Waals surface area contributed by atoms with Gasteiger partial charge in [0.05, 0.1) is 0 Å². The standard InChI is InChI=1S/C4H3NO2.C4H8/c6-3-1-2-4(7)5-3;1-4-2-3-4/h1-2H,(H,5,6,7);4H,2-3H2,1H3. The van der Waals surface area contributed by atoms with Crippen molar-refractivity contribution in [1.82, 2.24) is 5.32 Å². The SMILES string of the molecule is CC1CC1.O=C1C=CC(=O)N1. The predicted octanol–water partition coefficient (Wildman–Crippen LogP) is 0.615. The molecule has 2 rings (SSSR count). The van der Waals surface area contributed by atoms with E-state index in [-0.39, 0.29) is 11.8 Å². The van der Waals surface area contributed by atoms with Crippen LogP contribution in [-0.2, 0) is 9.59 Å².